The quantitative estimate of drug-likeness (QED) is 0.850. The first kappa shape index (κ1) is 10.4. The summed E-state index contributed by atoms with van der Waals surface area (Å²) < 4.78 is 5.34. The van der Waals surface area contributed by atoms with E-state index < -0.39 is 0 Å². The monoisotopic (exact) mass is 256 g/mol. The van der Waals surface area contributed by atoms with Crippen LogP contribution in [0.25, 0.3) is 11.0 Å². The summed E-state index contributed by atoms with van der Waals surface area (Å²) in [7, 11) is 0. The second-order valence-corrected chi connectivity index (χ2v) is 4.78. The third-order valence-electron chi connectivity index (χ3n) is 2.86. The number of hydrogen-bond donors (Lipinski definition) is 1. The Balaban J connectivity index is 2.08. The predicted molar refractivity (Wildman–Crippen MR) is 64.3 cm³/mol. The number of benzene rings is 1. The molecule has 0 aliphatic carbocycles. The SMILES string of the molecule is Clc1cc2nc(C3CCOC3)[nH]c2cc1Cl. The minimum atomic E-state index is 0.366. The van der Waals surface area contributed by atoms with Gasteiger partial charge in [-0.2, -0.15) is 0 Å². The van der Waals surface area contributed by atoms with E-state index in [4.69, 9.17) is 27.9 Å². The lowest BCUT2D eigenvalue weighted by atomic mass is 10.1. The van der Waals surface area contributed by atoms with Gasteiger partial charge in [0.2, 0.25) is 0 Å². The molecule has 0 radical (unpaired) electrons. The van der Waals surface area contributed by atoms with Crippen molar-refractivity contribution in [3.05, 3.63) is 28.0 Å². The number of rotatable bonds is 1. The van der Waals surface area contributed by atoms with Gasteiger partial charge in [0.25, 0.3) is 0 Å². The molecule has 1 N–H and O–H groups in total. The van der Waals surface area contributed by atoms with Gasteiger partial charge in [-0.15, -0.1) is 0 Å². The topological polar surface area (TPSA) is 37.9 Å². The highest BCUT2D eigenvalue weighted by Gasteiger charge is 2.21. The average Bonchev–Trinajstić information content (AvgIpc) is 2.86. The van der Waals surface area contributed by atoms with Crippen LogP contribution < -0.4 is 0 Å². The van der Waals surface area contributed by atoms with Gasteiger partial charge < -0.3 is 9.72 Å². The van der Waals surface area contributed by atoms with Crippen LogP contribution in [0.2, 0.25) is 10.0 Å². The zero-order chi connectivity index (χ0) is 11.1. The first-order valence-electron chi connectivity index (χ1n) is 5.16. The second kappa shape index (κ2) is 3.91. The molecule has 1 aliphatic rings. The van der Waals surface area contributed by atoms with Gasteiger partial charge >= 0.3 is 0 Å². The van der Waals surface area contributed by atoms with Crippen molar-refractivity contribution < 1.29 is 4.74 Å². The van der Waals surface area contributed by atoms with Gasteiger partial charge in [-0.25, -0.2) is 4.98 Å². The first-order chi connectivity index (χ1) is 7.74. The zero-order valence-corrected chi connectivity index (χ0v) is 9.98. The maximum Gasteiger partial charge on any atom is 0.112 e. The van der Waals surface area contributed by atoms with Gasteiger partial charge in [-0.3, -0.25) is 0 Å². The number of H-pyrrole nitrogens is 1. The molecule has 16 heavy (non-hydrogen) atoms. The van der Waals surface area contributed by atoms with Gasteiger partial charge in [0.1, 0.15) is 5.82 Å². The number of nitrogens with one attached hydrogen (secondary N) is 1. The Morgan fingerprint density at radius 1 is 1.31 bits per heavy atom. The summed E-state index contributed by atoms with van der Waals surface area (Å²) in [6.07, 6.45) is 1.02. The van der Waals surface area contributed by atoms with Crippen LogP contribution in [0.3, 0.4) is 0 Å². The highest BCUT2D eigenvalue weighted by molar-refractivity contribution is 6.42. The fraction of sp³-hybridized carbons (Fsp3) is 0.364. The molecule has 1 saturated heterocycles. The summed E-state index contributed by atoms with van der Waals surface area (Å²) in [4.78, 5) is 7.79. The molecule has 1 fully saturated rings. The van der Waals surface area contributed by atoms with Crippen LogP contribution >= 0.6 is 23.2 Å². The van der Waals surface area contributed by atoms with Crippen molar-refractivity contribution >= 4 is 34.2 Å². The Labute approximate surface area is 103 Å². The fourth-order valence-corrected chi connectivity index (χ4v) is 2.29. The van der Waals surface area contributed by atoms with Gasteiger partial charge in [-0.1, -0.05) is 23.2 Å². The van der Waals surface area contributed by atoms with Crippen LogP contribution in [-0.4, -0.2) is 23.2 Å². The number of imidazole rings is 1. The predicted octanol–water partition coefficient (Wildman–Crippen LogP) is 3.37. The van der Waals surface area contributed by atoms with E-state index in [0.717, 1.165) is 36.5 Å². The number of fused-ring (bicyclic) bond motifs is 1. The van der Waals surface area contributed by atoms with Crippen LogP contribution in [-0.2, 0) is 4.74 Å². The highest BCUT2D eigenvalue weighted by atomic mass is 35.5. The van der Waals surface area contributed by atoms with E-state index in [0.29, 0.717) is 16.0 Å². The molecule has 2 heterocycles. The lowest BCUT2D eigenvalue weighted by Crippen LogP contribution is -1.99. The van der Waals surface area contributed by atoms with Gasteiger partial charge in [-0.05, 0) is 18.6 Å². The second-order valence-electron chi connectivity index (χ2n) is 3.97. The number of halogens is 2. The normalized spacial score (nSPS) is 20.8. The van der Waals surface area contributed by atoms with E-state index in [1.54, 1.807) is 6.07 Å². The molecule has 1 atom stereocenters. The molecule has 3 nitrogen and oxygen atoms in total. The summed E-state index contributed by atoms with van der Waals surface area (Å²) in [6.45, 7) is 1.55. The van der Waals surface area contributed by atoms with Crippen LogP contribution in [0.4, 0.5) is 0 Å². The van der Waals surface area contributed by atoms with Crippen molar-refractivity contribution in [1.29, 1.82) is 0 Å². The molecule has 1 unspecified atom stereocenters. The van der Waals surface area contributed by atoms with E-state index in [9.17, 15) is 0 Å². The Hall–Kier alpha value is -0.770. The molecule has 1 aromatic carbocycles. The summed E-state index contributed by atoms with van der Waals surface area (Å²) in [6, 6.07) is 3.60. The summed E-state index contributed by atoms with van der Waals surface area (Å²) in [5.74, 6) is 1.33. The van der Waals surface area contributed by atoms with Crippen LogP contribution in [0.15, 0.2) is 12.1 Å². The Kier molecular flexibility index (Phi) is 2.54. The molecule has 1 aromatic heterocycles. The third-order valence-corrected chi connectivity index (χ3v) is 3.58. The van der Waals surface area contributed by atoms with Gasteiger partial charge in [0.15, 0.2) is 0 Å². The fourth-order valence-electron chi connectivity index (χ4n) is 1.97. The van der Waals surface area contributed by atoms with Crippen molar-refractivity contribution in [3.8, 4) is 0 Å². The largest absolute Gasteiger partial charge is 0.381 e. The zero-order valence-electron chi connectivity index (χ0n) is 8.46. The van der Waals surface area contributed by atoms with Gasteiger partial charge in [0.05, 0.1) is 27.7 Å². The molecule has 0 saturated carbocycles. The van der Waals surface area contributed by atoms with E-state index >= 15 is 0 Å². The Bertz CT molecular complexity index is 493. The van der Waals surface area contributed by atoms with E-state index in [1.165, 1.54) is 0 Å². The molecule has 84 valence electrons. The number of aromatic amines is 1. The summed E-state index contributed by atoms with van der Waals surface area (Å²) >= 11 is 11.9. The maximum absolute atomic E-state index is 5.95. The number of aromatic nitrogens is 2. The number of hydrogen-bond acceptors (Lipinski definition) is 2. The van der Waals surface area contributed by atoms with E-state index in [-0.39, 0.29) is 0 Å². The number of ether oxygens (including phenoxy) is 1. The Morgan fingerprint density at radius 2 is 2.12 bits per heavy atom. The van der Waals surface area contributed by atoms with Crippen LogP contribution in [0.1, 0.15) is 18.2 Å². The lowest BCUT2D eigenvalue weighted by Gasteiger charge is -2.00. The van der Waals surface area contributed by atoms with Crippen molar-refractivity contribution in [3.63, 3.8) is 0 Å². The number of nitrogens with zero attached hydrogens (tertiary/aromatic N) is 1. The first-order valence-corrected chi connectivity index (χ1v) is 5.92. The van der Waals surface area contributed by atoms with Crippen molar-refractivity contribution in [1.82, 2.24) is 9.97 Å². The summed E-state index contributed by atoms with van der Waals surface area (Å²) in [5.41, 5.74) is 1.78. The molecule has 3 rings (SSSR count). The maximum atomic E-state index is 5.95. The lowest BCUT2D eigenvalue weighted by molar-refractivity contribution is 0.193. The van der Waals surface area contributed by atoms with Gasteiger partial charge in [0, 0.05) is 12.5 Å². The molecule has 0 amide bonds. The molecule has 5 heteroatoms. The van der Waals surface area contributed by atoms with Crippen molar-refractivity contribution in [2.24, 2.45) is 0 Å². The molecule has 1 aliphatic heterocycles. The molecular weight excluding hydrogens is 247 g/mol. The highest BCUT2D eigenvalue weighted by Crippen LogP contribution is 2.29. The smallest absolute Gasteiger partial charge is 0.112 e. The molecule has 0 bridgehead atoms. The molecular formula is C11H10Cl2N2O. The van der Waals surface area contributed by atoms with Crippen molar-refractivity contribution in [2.45, 2.75) is 12.3 Å². The van der Waals surface area contributed by atoms with E-state index in [1.807, 2.05) is 6.07 Å². The van der Waals surface area contributed by atoms with Crippen molar-refractivity contribution in [2.75, 3.05) is 13.2 Å². The van der Waals surface area contributed by atoms with Crippen LogP contribution in [0.5, 0.6) is 0 Å². The van der Waals surface area contributed by atoms with E-state index in [2.05, 4.69) is 9.97 Å². The minimum Gasteiger partial charge on any atom is -0.381 e. The Morgan fingerprint density at radius 3 is 2.88 bits per heavy atom. The standard InChI is InChI=1S/C11H10Cl2N2O/c12-7-3-9-10(4-8(7)13)15-11(14-9)6-1-2-16-5-6/h3-4,6H,1-2,5H2,(H,14,15). The average molecular weight is 257 g/mol. The minimum absolute atomic E-state index is 0.366. The summed E-state index contributed by atoms with van der Waals surface area (Å²) in [5, 5.41) is 1.09. The third kappa shape index (κ3) is 1.69. The molecule has 2 aromatic rings. The van der Waals surface area contributed by atoms with Crippen LogP contribution in [0, 0.1) is 0 Å². The molecule has 0 spiro atoms.